The molecule has 0 spiro atoms. The number of nitrogens with two attached hydrogens (primary N) is 1. The van der Waals surface area contributed by atoms with Crippen LogP contribution in [0.4, 0.5) is 17.6 Å². The number of carbonyl (C=O) groups is 1. The van der Waals surface area contributed by atoms with Crippen molar-refractivity contribution >= 4 is 5.97 Å². The van der Waals surface area contributed by atoms with Crippen LogP contribution in [0, 0.1) is 34.6 Å². The lowest BCUT2D eigenvalue weighted by atomic mass is 9.82. The summed E-state index contributed by atoms with van der Waals surface area (Å²) in [4.78, 5) is 12.7. The Balaban J connectivity index is 2.08. The molecule has 184 valence electrons. The monoisotopic (exact) mass is 492 g/mol. The summed E-state index contributed by atoms with van der Waals surface area (Å²) in [7, 11) is 1.32. The first-order chi connectivity index (χ1) is 16.6. The summed E-state index contributed by atoms with van der Waals surface area (Å²) in [5.41, 5.74) is 6.38. The molecule has 7 nitrogen and oxygen atoms in total. The summed E-state index contributed by atoms with van der Waals surface area (Å²) < 4.78 is 75.9. The van der Waals surface area contributed by atoms with Crippen molar-refractivity contribution in [3.63, 3.8) is 0 Å². The van der Waals surface area contributed by atoms with Gasteiger partial charge in [-0.15, -0.1) is 0 Å². The highest BCUT2D eigenvalue weighted by atomic mass is 19.2. The molecule has 35 heavy (non-hydrogen) atoms. The molecule has 1 unspecified atom stereocenters. The van der Waals surface area contributed by atoms with E-state index in [0.29, 0.717) is 5.56 Å². The largest absolute Gasteiger partial charge is 0.496 e. The van der Waals surface area contributed by atoms with Crippen molar-refractivity contribution < 1.29 is 41.3 Å². The molecule has 0 fully saturated rings. The Morgan fingerprint density at radius 2 is 1.83 bits per heavy atom. The van der Waals surface area contributed by atoms with Crippen LogP contribution in [-0.4, -0.2) is 19.7 Å². The fourth-order valence-corrected chi connectivity index (χ4v) is 3.61. The Bertz CT molecular complexity index is 1260. The molecule has 3 rings (SSSR count). The van der Waals surface area contributed by atoms with Gasteiger partial charge in [-0.3, -0.25) is 0 Å². The highest BCUT2D eigenvalue weighted by Gasteiger charge is 2.36. The van der Waals surface area contributed by atoms with Crippen LogP contribution in [0.5, 0.6) is 11.5 Å². The summed E-state index contributed by atoms with van der Waals surface area (Å²) in [5.74, 6) is -9.52. The molecular weight excluding hydrogens is 472 g/mol. The number of carbonyl (C=O) groups excluding carboxylic acids is 1. The van der Waals surface area contributed by atoms with Gasteiger partial charge in [-0.05, 0) is 31.5 Å². The maximum absolute atomic E-state index is 14.0. The molecule has 0 aromatic heterocycles. The Hall–Kier alpha value is -4.20. The summed E-state index contributed by atoms with van der Waals surface area (Å²) >= 11 is 0. The number of ether oxygens (including phenoxy) is 4. The molecule has 2 aromatic carbocycles. The third kappa shape index (κ3) is 4.87. The Kier molecular flexibility index (Phi) is 7.54. The van der Waals surface area contributed by atoms with Gasteiger partial charge in [0.15, 0.2) is 17.4 Å². The normalized spacial score (nSPS) is 15.4. The van der Waals surface area contributed by atoms with Crippen molar-refractivity contribution in [2.45, 2.75) is 26.4 Å². The number of allylic oxidation sites excluding steroid dienone is 2. The van der Waals surface area contributed by atoms with Gasteiger partial charge < -0.3 is 24.7 Å². The molecule has 1 aliphatic rings. The third-order valence-corrected chi connectivity index (χ3v) is 5.18. The summed E-state index contributed by atoms with van der Waals surface area (Å²) in [6, 6.07) is 6.44. The molecule has 1 heterocycles. The second-order valence-corrected chi connectivity index (χ2v) is 7.27. The quantitative estimate of drug-likeness (QED) is 0.345. The number of benzene rings is 2. The van der Waals surface area contributed by atoms with Crippen LogP contribution in [-0.2, 0) is 20.9 Å². The zero-order chi connectivity index (χ0) is 25.9. The lowest BCUT2D eigenvalue weighted by Crippen LogP contribution is -2.25. The molecule has 2 N–H and O–H groups in total. The zero-order valence-corrected chi connectivity index (χ0v) is 18.9. The van der Waals surface area contributed by atoms with E-state index in [1.165, 1.54) is 26.2 Å². The van der Waals surface area contributed by atoms with Gasteiger partial charge in [-0.1, -0.05) is 6.07 Å². The number of halogens is 4. The molecule has 2 aromatic rings. The molecule has 0 saturated carbocycles. The lowest BCUT2D eigenvalue weighted by Gasteiger charge is -2.27. The number of nitriles is 1. The second kappa shape index (κ2) is 10.4. The standard InChI is InChI=1S/C24H20F4N2O5/c1-4-33-24(31)18-11(2)35-23(30)14(9-29)19(18)12-5-6-17(32-3)13(7-12)10-34-22-20(27)15(25)8-16(26)21(22)28/h5-8,19H,4,10,30H2,1-3H3. The fraction of sp³-hybridized carbons (Fsp3) is 0.250. The maximum atomic E-state index is 14.0. The SMILES string of the molecule is CCOC(=O)C1=C(C)OC(N)=C(C#N)C1c1ccc(OC)c(COc2c(F)c(F)cc(F)c2F)c1. The number of hydrogen-bond acceptors (Lipinski definition) is 7. The summed E-state index contributed by atoms with van der Waals surface area (Å²) in [5, 5.41) is 9.70. The predicted octanol–water partition coefficient (Wildman–Crippen LogP) is 4.48. The molecule has 0 bridgehead atoms. The number of hydrogen-bond donors (Lipinski definition) is 1. The molecule has 1 aliphatic heterocycles. The van der Waals surface area contributed by atoms with E-state index in [0.717, 1.165) is 0 Å². The Morgan fingerprint density at radius 3 is 2.40 bits per heavy atom. The van der Waals surface area contributed by atoms with Crippen molar-refractivity contribution in [1.29, 1.82) is 5.26 Å². The van der Waals surface area contributed by atoms with E-state index in [4.69, 9.17) is 24.7 Å². The Morgan fingerprint density at radius 1 is 1.17 bits per heavy atom. The molecule has 0 radical (unpaired) electrons. The lowest BCUT2D eigenvalue weighted by molar-refractivity contribution is -0.139. The van der Waals surface area contributed by atoms with E-state index >= 15 is 0 Å². The van der Waals surface area contributed by atoms with E-state index in [2.05, 4.69) is 0 Å². The predicted molar refractivity (Wildman–Crippen MR) is 114 cm³/mol. The summed E-state index contributed by atoms with van der Waals surface area (Å²) in [6.07, 6.45) is 0. The minimum atomic E-state index is -1.70. The minimum Gasteiger partial charge on any atom is -0.496 e. The molecular formula is C24H20F4N2O5. The first-order valence-electron chi connectivity index (χ1n) is 10.2. The van der Waals surface area contributed by atoms with Crippen molar-refractivity contribution in [2.24, 2.45) is 5.73 Å². The smallest absolute Gasteiger partial charge is 0.338 e. The fourth-order valence-electron chi connectivity index (χ4n) is 3.61. The van der Waals surface area contributed by atoms with Gasteiger partial charge in [0.2, 0.25) is 17.5 Å². The van der Waals surface area contributed by atoms with Gasteiger partial charge in [-0.25, -0.2) is 13.6 Å². The van der Waals surface area contributed by atoms with Gasteiger partial charge in [0.05, 0.1) is 25.2 Å². The summed E-state index contributed by atoms with van der Waals surface area (Å²) in [6.45, 7) is 2.58. The van der Waals surface area contributed by atoms with Gasteiger partial charge in [0.1, 0.15) is 29.8 Å². The van der Waals surface area contributed by atoms with Crippen LogP contribution in [0.15, 0.2) is 47.1 Å². The first-order valence-corrected chi connectivity index (χ1v) is 10.2. The highest BCUT2D eigenvalue weighted by Crippen LogP contribution is 2.41. The van der Waals surface area contributed by atoms with Crippen molar-refractivity contribution in [2.75, 3.05) is 13.7 Å². The second-order valence-electron chi connectivity index (χ2n) is 7.27. The number of methoxy groups -OCH3 is 1. The Labute approximate surface area is 197 Å². The third-order valence-electron chi connectivity index (χ3n) is 5.18. The van der Waals surface area contributed by atoms with Gasteiger partial charge in [0.25, 0.3) is 0 Å². The maximum Gasteiger partial charge on any atom is 0.338 e. The van der Waals surface area contributed by atoms with Crippen LogP contribution in [0.2, 0.25) is 0 Å². The van der Waals surface area contributed by atoms with E-state index in [1.807, 2.05) is 6.07 Å². The number of esters is 1. The van der Waals surface area contributed by atoms with Crippen molar-refractivity contribution in [1.82, 2.24) is 0 Å². The van der Waals surface area contributed by atoms with E-state index < -0.39 is 47.5 Å². The molecule has 11 heteroatoms. The number of nitrogens with zero attached hydrogens (tertiary/aromatic N) is 1. The van der Waals surface area contributed by atoms with Gasteiger partial charge >= 0.3 is 5.97 Å². The van der Waals surface area contributed by atoms with Crippen molar-refractivity contribution in [3.05, 3.63) is 81.4 Å². The average Bonchev–Trinajstić information content (AvgIpc) is 2.82. The molecule has 0 saturated heterocycles. The van der Waals surface area contributed by atoms with Crippen LogP contribution in [0.1, 0.15) is 30.9 Å². The van der Waals surface area contributed by atoms with Gasteiger partial charge in [-0.2, -0.15) is 14.0 Å². The van der Waals surface area contributed by atoms with Crippen LogP contribution < -0.4 is 15.2 Å². The highest BCUT2D eigenvalue weighted by molar-refractivity contribution is 5.92. The average molecular weight is 492 g/mol. The number of rotatable bonds is 7. The first kappa shape index (κ1) is 25.4. The molecule has 1 atom stereocenters. The van der Waals surface area contributed by atoms with Gasteiger partial charge in [0, 0.05) is 11.6 Å². The van der Waals surface area contributed by atoms with E-state index in [1.54, 1.807) is 13.0 Å². The van der Waals surface area contributed by atoms with E-state index in [9.17, 15) is 27.6 Å². The van der Waals surface area contributed by atoms with Crippen molar-refractivity contribution in [3.8, 4) is 17.6 Å². The van der Waals surface area contributed by atoms with Crippen LogP contribution in [0.3, 0.4) is 0 Å². The van der Waals surface area contributed by atoms with E-state index in [-0.39, 0.29) is 46.8 Å². The zero-order valence-electron chi connectivity index (χ0n) is 18.9. The van der Waals surface area contributed by atoms with Crippen LogP contribution >= 0.6 is 0 Å². The molecule has 0 aliphatic carbocycles. The topological polar surface area (TPSA) is 104 Å². The molecule has 0 amide bonds. The van der Waals surface area contributed by atoms with Crippen LogP contribution in [0.25, 0.3) is 0 Å². The minimum absolute atomic E-state index is 0.0268.